The van der Waals surface area contributed by atoms with E-state index in [-0.39, 0.29) is 9.80 Å². The number of carbonyl (C=O) groups excluding carboxylic acids is 1. The summed E-state index contributed by atoms with van der Waals surface area (Å²) in [6, 6.07) is 23.0. The average molecular weight is 405 g/mol. The van der Waals surface area contributed by atoms with E-state index in [0.717, 1.165) is 5.56 Å². The number of aryl methyl sites for hydroxylation is 1. The van der Waals surface area contributed by atoms with E-state index < -0.39 is 27.5 Å². The summed E-state index contributed by atoms with van der Waals surface area (Å²) in [5.41, 5.74) is 2.02. The van der Waals surface area contributed by atoms with Crippen molar-refractivity contribution in [2.24, 2.45) is 0 Å². The van der Waals surface area contributed by atoms with Crippen LogP contribution in [0.25, 0.3) is 0 Å². The summed E-state index contributed by atoms with van der Waals surface area (Å²) in [6.07, 6.45) is 0. The number of carbonyl (C=O) groups is 1. The summed E-state index contributed by atoms with van der Waals surface area (Å²) in [5.74, 6) is -1.49. The molecule has 0 saturated carbocycles. The molecule has 6 heteroatoms. The van der Waals surface area contributed by atoms with Gasteiger partial charge in [0.15, 0.2) is 5.76 Å². The van der Waals surface area contributed by atoms with Crippen LogP contribution in [0.4, 0.5) is 5.69 Å². The third-order valence-electron chi connectivity index (χ3n) is 4.93. The van der Waals surface area contributed by atoms with Gasteiger partial charge in [-0.2, -0.15) is 0 Å². The molecular weight excluding hydrogens is 386 g/mol. The Morgan fingerprint density at radius 3 is 1.97 bits per heavy atom. The van der Waals surface area contributed by atoms with Gasteiger partial charge in [-0.15, -0.1) is 0 Å². The Balaban J connectivity index is 1.93. The number of anilines is 1. The van der Waals surface area contributed by atoms with E-state index in [4.69, 9.17) is 0 Å². The highest BCUT2D eigenvalue weighted by molar-refractivity contribution is 7.95. The van der Waals surface area contributed by atoms with Gasteiger partial charge >= 0.3 is 0 Å². The molecule has 0 bridgehead atoms. The standard InChI is InChI=1S/C23H19NO4S/c1-16-12-14-19(15-13-16)29(27,28)22-20(17-8-4-2-5-9-17)24(23(26)21(22)25)18-10-6-3-7-11-18/h2-15,20,25H,1H3/t20-/m0/s1. The van der Waals surface area contributed by atoms with Gasteiger partial charge in [0.05, 0.1) is 4.90 Å². The first kappa shape index (κ1) is 19.0. The van der Waals surface area contributed by atoms with Crippen molar-refractivity contribution in [2.45, 2.75) is 17.9 Å². The minimum absolute atomic E-state index is 0.0355. The van der Waals surface area contributed by atoms with Crippen molar-refractivity contribution in [2.75, 3.05) is 4.90 Å². The van der Waals surface area contributed by atoms with Crippen LogP contribution in [0.15, 0.2) is 100 Å². The molecular formula is C23H19NO4S. The molecule has 0 aliphatic carbocycles. The van der Waals surface area contributed by atoms with Crippen molar-refractivity contribution in [1.29, 1.82) is 0 Å². The highest BCUT2D eigenvalue weighted by Crippen LogP contribution is 2.44. The fourth-order valence-corrected chi connectivity index (χ4v) is 5.12. The second kappa shape index (κ2) is 7.22. The number of benzene rings is 3. The lowest BCUT2D eigenvalue weighted by atomic mass is 10.1. The van der Waals surface area contributed by atoms with Gasteiger partial charge in [0.25, 0.3) is 5.91 Å². The quantitative estimate of drug-likeness (QED) is 0.701. The second-order valence-corrected chi connectivity index (χ2v) is 8.77. The number of amides is 1. The first-order chi connectivity index (χ1) is 13.9. The molecule has 5 nitrogen and oxygen atoms in total. The third-order valence-corrected chi connectivity index (χ3v) is 6.82. The number of aliphatic hydroxyl groups is 1. The Labute approximate surface area is 169 Å². The number of rotatable bonds is 4. The number of hydrogen-bond donors (Lipinski definition) is 1. The Bertz CT molecular complexity index is 1180. The first-order valence-corrected chi connectivity index (χ1v) is 10.6. The van der Waals surface area contributed by atoms with Crippen molar-refractivity contribution in [3.63, 3.8) is 0 Å². The van der Waals surface area contributed by atoms with Crippen LogP contribution in [-0.2, 0) is 14.6 Å². The Morgan fingerprint density at radius 1 is 0.828 bits per heavy atom. The molecule has 1 atom stereocenters. The maximum absolute atomic E-state index is 13.5. The number of nitrogens with zero attached hydrogens (tertiary/aromatic N) is 1. The zero-order chi connectivity index (χ0) is 20.6. The van der Waals surface area contributed by atoms with Crippen LogP contribution in [0, 0.1) is 6.92 Å². The molecule has 0 fully saturated rings. The molecule has 0 radical (unpaired) electrons. The fourth-order valence-electron chi connectivity index (χ4n) is 3.49. The lowest BCUT2D eigenvalue weighted by Gasteiger charge is -2.27. The molecule has 0 saturated heterocycles. The fraction of sp³-hybridized carbons (Fsp3) is 0.0870. The van der Waals surface area contributed by atoms with Gasteiger partial charge in [0, 0.05) is 5.69 Å². The molecule has 29 heavy (non-hydrogen) atoms. The summed E-state index contributed by atoms with van der Waals surface area (Å²) in [7, 11) is -4.11. The van der Waals surface area contributed by atoms with Gasteiger partial charge < -0.3 is 5.11 Å². The molecule has 0 aromatic heterocycles. The van der Waals surface area contributed by atoms with Gasteiger partial charge in [-0.05, 0) is 36.8 Å². The number of para-hydroxylation sites is 1. The summed E-state index contributed by atoms with van der Waals surface area (Å²) >= 11 is 0. The molecule has 1 N–H and O–H groups in total. The van der Waals surface area contributed by atoms with E-state index in [0.29, 0.717) is 11.3 Å². The van der Waals surface area contributed by atoms with Crippen molar-refractivity contribution in [3.05, 3.63) is 107 Å². The van der Waals surface area contributed by atoms with Crippen LogP contribution < -0.4 is 4.90 Å². The molecule has 1 aliphatic heterocycles. The SMILES string of the molecule is Cc1ccc(S(=O)(=O)C2=C(O)C(=O)N(c3ccccc3)[C@H]2c2ccccc2)cc1. The highest BCUT2D eigenvalue weighted by Gasteiger charge is 2.47. The second-order valence-electron chi connectivity index (χ2n) is 6.85. The van der Waals surface area contributed by atoms with E-state index >= 15 is 0 Å². The minimum Gasteiger partial charge on any atom is -0.502 e. The van der Waals surface area contributed by atoms with Crippen LogP contribution in [-0.4, -0.2) is 19.4 Å². The summed E-state index contributed by atoms with van der Waals surface area (Å²) in [4.78, 5) is 14.0. The average Bonchev–Trinajstić information content (AvgIpc) is 3.01. The van der Waals surface area contributed by atoms with Gasteiger partial charge in [-0.3, -0.25) is 9.69 Å². The van der Waals surface area contributed by atoms with E-state index in [2.05, 4.69) is 0 Å². The Hall–Kier alpha value is -3.38. The topological polar surface area (TPSA) is 74.7 Å². The number of aliphatic hydroxyl groups excluding tert-OH is 1. The molecule has 4 rings (SSSR count). The van der Waals surface area contributed by atoms with Crippen molar-refractivity contribution in [1.82, 2.24) is 0 Å². The number of sulfone groups is 1. The van der Waals surface area contributed by atoms with Gasteiger partial charge in [0.1, 0.15) is 10.9 Å². The van der Waals surface area contributed by atoms with Gasteiger partial charge in [-0.25, -0.2) is 8.42 Å². The molecule has 0 spiro atoms. The van der Waals surface area contributed by atoms with Crippen LogP contribution in [0.2, 0.25) is 0 Å². The Kier molecular flexibility index (Phi) is 4.72. The molecule has 3 aromatic carbocycles. The number of hydrogen-bond acceptors (Lipinski definition) is 4. The van der Waals surface area contributed by atoms with Crippen molar-refractivity contribution >= 4 is 21.4 Å². The normalized spacial score (nSPS) is 17.1. The summed E-state index contributed by atoms with van der Waals surface area (Å²) < 4.78 is 26.9. The van der Waals surface area contributed by atoms with E-state index in [1.165, 1.54) is 17.0 Å². The molecule has 1 amide bonds. The van der Waals surface area contributed by atoms with Crippen LogP contribution in [0.3, 0.4) is 0 Å². The van der Waals surface area contributed by atoms with Crippen LogP contribution in [0.1, 0.15) is 17.2 Å². The largest absolute Gasteiger partial charge is 0.502 e. The molecule has 146 valence electrons. The maximum Gasteiger partial charge on any atom is 0.295 e. The van der Waals surface area contributed by atoms with Gasteiger partial charge in [0.2, 0.25) is 9.84 Å². The van der Waals surface area contributed by atoms with Crippen LogP contribution >= 0.6 is 0 Å². The van der Waals surface area contributed by atoms with Crippen molar-refractivity contribution in [3.8, 4) is 0 Å². The Morgan fingerprint density at radius 2 is 1.38 bits per heavy atom. The summed E-state index contributed by atoms with van der Waals surface area (Å²) in [6.45, 7) is 1.86. The maximum atomic E-state index is 13.5. The third kappa shape index (κ3) is 3.21. The van der Waals surface area contributed by atoms with E-state index in [1.54, 1.807) is 66.7 Å². The van der Waals surface area contributed by atoms with E-state index in [1.807, 2.05) is 13.0 Å². The predicted molar refractivity (Wildman–Crippen MR) is 111 cm³/mol. The van der Waals surface area contributed by atoms with Gasteiger partial charge in [-0.1, -0.05) is 66.2 Å². The molecule has 0 unspecified atom stereocenters. The molecule has 1 aliphatic rings. The lowest BCUT2D eigenvalue weighted by Crippen LogP contribution is -2.31. The smallest absolute Gasteiger partial charge is 0.295 e. The zero-order valence-electron chi connectivity index (χ0n) is 15.7. The lowest BCUT2D eigenvalue weighted by molar-refractivity contribution is -0.117. The monoisotopic (exact) mass is 405 g/mol. The summed E-state index contributed by atoms with van der Waals surface area (Å²) in [5, 5.41) is 10.7. The van der Waals surface area contributed by atoms with E-state index in [9.17, 15) is 18.3 Å². The zero-order valence-corrected chi connectivity index (χ0v) is 16.5. The predicted octanol–water partition coefficient (Wildman–Crippen LogP) is 4.33. The molecule has 3 aromatic rings. The molecule has 1 heterocycles. The minimum atomic E-state index is -4.11. The highest BCUT2D eigenvalue weighted by atomic mass is 32.2. The van der Waals surface area contributed by atoms with Crippen molar-refractivity contribution < 1.29 is 18.3 Å². The van der Waals surface area contributed by atoms with Crippen LogP contribution in [0.5, 0.6) is 0 Å². The first-order valence-electron chi connectivity index (χ1n) is 9.09.